The normalized spacial score (nSPS) is 17.1. The first-order chi connectivity index (χ1) is 12.1. The number of anilines is 1. The SMILES string of the molecule is O=C(Nc1ccccc1OCC1CCCCO1)c1ccc(F)cc1Cl. The number of carbonyl (C=O) groups excluding carboxylic acids is 1. The molecule has 0 aromatic heterocycles. The van der Waals surface area contributed by atoms with Gasteiger partial charge in [0.15, 0.2) is 0 Å². The maximum atomic E-state index is 13.1. The number of hydrogen-bond acceptors (Lipinski definition) is 3. The fourth-order valence-electron chi connectivity index (χ4n) is 2.68. The number of para-hydroxylation sites is 2. The van der Waals surface area contributed by atoms with Crippen molar-refractivity contribution >= 4 is 23.2 Å². The second kappa shape index (κ2) is 8.32. The Morgan fingerprint density at radius 1 is 1.28 bits per heavy atom. The Morgan fingerprint density at radius 2 is 2.12 bits per heavy atom. The van der Waals surface area contributed by atoms with Crippen LogP contribution in [0.4, 0.5) is 10.1 Å². The van der Waals surface area contributed by atoms with Crippen molar-refractivity contribution < 1.29 is 18.7 Å². The molecule has 1 heterocycles. The number of halogens is 2. The summed E-state index contributed by atoms with van der Waals surface area (Å²) in [7, 11) is 0. The van der Waals surface area contributed by atoms with Gasteiger partial charge in [-0.25, -0.2) is 4.39 Å². The van der Waals surface area contributed by atoms with Crippen LogP contribution in [-0.4, -0.2) is 25.2 Å². The van der Waals surface area contributed by atoms with E-state index >= 15 is 0 Å². The summed E-state index contributed by atoms with van der Waals surface area (Å²) in [6.07, 6.45) is 3.26. The van der Waals surface area contributed by atoms with Crippen molar-refractivity contribution in [3.63, 3.8) is 0 Å². The number of nitrogens with one attached hydrogen (secondary N) is 1. The molecule has 1 unspecified atom stereocenters. The standard InChI is InChI=1S/C19H19ClFNO3/c20-16-11-13(21)8-9-15(16)19(23)22-17-6-1-2-7-18(17)25-12-14-5-3-4-10-24-14/h1-2,6-9,11,14H,3-5,10,12H2,(H,22,23). The molecule has 3 rings (SSSR count). The van der Waals surface area contributed by atoms with E-state index in [1.54, 1.807) is 18.2 Å². The highest BCUT2D eigenvalue weighted by Gasteiger charge is 2.17. The van der Waals surface area contributed by atoms with Gasteiger partial charge in [-0.1, -0.05) is 23.7 Å². The van der Waals surface area contributed by atoms with Crippen LogP contribution in [0.2, 0.25) is 5.02 Å². The number of ether oxygens (including phenoxy) is 2. The summed E-state index contributed by atoms with van der Waals surface area (Å²) in [5.74, 6) is -0.351. The van der Waals surface area contributed by atoms with Crippen LogP contribution in [0.3, 0.4) is 0 Å². The van der Waals surface area contributed by atoms with Gasteiger partial charge in [-0.15, -0.1) is 0 Å². The summed E-state index contributed by atoms with van der Waals surface area (Å²) in [5.41, 5.74) is 0.734. The Morgan fingerprint density at radius 3 is 2.88 bits per heavy atom. The number of benzene rings is 2. The minimum absolute atomic E-state index is 0.0616. The number of rotatable bonds is 5. The minimum Gasteiger partial charge on any atom is -0.489 e. The van der Waals surface area contributed by atoms with E-state index in [-0.39, 0.29) is 16.7 Å². The molecule has 6 heteroatoms. The fourth-order valence-corrected chi connectivity index (χ4v) is 2.93. The zero-order chi connectivity index (χ0) is 17.6. The first-order valence-corrected chi connectivity index (χ1v) is 8.61. The van der Waals surface area contributed by atoms with Crippen molar-refractivity contribution in [1.82, 2.24) is 0 Å². The molecular formula is C19H19ClFNO3. The lowest BCUT2D eigenvalue weighted by Gasteiger charge is -2.23. The van der Waals surface area contributed by atoms with Gasteiger partial charge in [0.05, 0.1) is 22.4 Å². The third-order valence-corrected chi connectivity index (χ3v) is 4.32. The molecule has 1 amide bonds. The van der Waals surface area contributed by atoms with E-state index < -0.39 is 11.7 Å². The first-order valence-electron chi connectivity index (χ1n) is 8.23. The smallest absolute Gasteiger partial charge is 0.257 e. The molecule has 25 heavy (non-hydrogen) atoms. The Labute approximate surface area is 150 Å². The van der Waals surface area contributed by atoms with Gasteiger partial charge in [0, 0.05) is 6.61 Å². The van der Waals surface area contributed by atoms with Gasteiger partial charge in [0.1, 0.15) is 18.2 Å². The molecule has 0 saturated carbocycles. The van der Waals surface area contributed by atoms with Crippen LogP contribution in [0, 0.1) is 5.82 Å². The van der Waals surface area contributed by atoms with Crippen LogP contribution in [0.5, 0.6) is 5.75 Å². The third-order valence-electron chi connectivity index (χ3n) is 4.01. The van der Waals surface area contributed by atoms with E-state index in [0.717, 1.165) is 31.9 Å². The van der Waals surface area contributed by atoms with Crippen molar-refractivity contribution in [1.29, 1.82) is 0 Å². The lowest BCUT2D eigenvalue weighted by atomic mass is 10.1. The zero-order valence-electron chi connectivity index (χ0n) is 13.6. The average molecular weight is 364 g/mol. The van der Waals surface area contributed by atoms with Gasteiger partial charge in [-0.2, -0.15) is 0 Å². The molecule has 4 nitrogen and oxygen atoms in total. The van der Waals surface area contributed by atoms with Crippen LogP contribution < -0.4 is 10.1 Å². The predicted octanol–water partition coefficient (Wildman–Crippen LogP) is 4.68. The molecule has 2 aromatic carbocycles. The van der Waals surface area contributed by atoms with Gasteiger partial charge < -0.3 is 14.8 Å². The molecule has 0 radical (unpaired) electrons. The maximum absolute atomic E-state index is 13.1. The quantitative estimate of drug-likeness (QED) is 0.839. The largest absolute Gasteiger partial charge is 0.489 e. The minimum atomic E-state index is -0.488. The summed E-state index contributed by atoms with van der Waals surface area (Å²) in [6.45, 7) is 1.19. The van der Waals surface area contributed by atoms with E-state index in [0.29, 0.717) is 18.0 Å². The van der Waals surface area contributed by atoms with Crippen molar-refractivity contribution in [3.05, 3.63) is 58.9 Å². The molecule has 2 aromatic rings. The van der Waals surface area contributed by atoms with Gasteiger partial charge in [0.25, 0.3) is 5.91 Å². The maximum Gasteiger partial charge on any atom is 0.257 e. The molecule has 0 aliphatic carbocycles. The summed E-state index contributed by atoms with van der Waals surface area (Å²) in [6, 6.07) is 10.8. The lowest BCUT2D eigenvalue weighted by Crippen LogP contribution is -2.26. The van der Waals surface area contributed by atoms with Crippen molar-refractivity contribution in [3.8, 4) is 5.75 Å². The van der Waals surface area contributed by atoms with E-state index in [1.165, 1.54) is 12.1 Å². The Hall–Kier alpha value is -2.11. The van der Waals surface area contributed by atoms with Gasteiger partial charge in [0.2, 0.25) is 0 Å². The molecule has 1 atom stereocenters. The topological polar surface area (TPSA) is 47.6 Å². The molecule has 132 valence electrons. The molecular weight excluding hydrogens is 345 g/mol. The van der Waals surface area contributed by atoms with E-state index in [2.05, 4.69) is 5.32 Å². The highest BCUT2D eigenvalue weighted by molar-refractivity contribution is 6.34. The highest BCUT2D eigenvalue weighted by Crippen LogP contribution is 2.27. The third kappa shape index (κ3) is 4.71. The average Bonchev–Trinajstić information content (AvgIpc) is 2.61. The number of hydrogen-bond donors (Lipinski definition) is 1. The summed E-state index contributed by atoms with van der Waals surface area (Å²) in [5, 5.41) is 2.82. The first kappa shape index (κ1) is 17.7. The van der Waals surface area contributed by atoms with Crippen LogP contribution in [0.25, 0.3) is 0 Å². The van der Waals surface area contributed by atoms with E-state index in [1.807, 2.05) is 6.07 Å². The molecule has 0 bridgehead atoms. The lowest BCUT2D eigenvalue weighted by molar-refractivity contribution is -0.0109. The summed E-state index contributed by atoms with van der Waals surface area (Å²) >= 11 is 5.94. The predicted molar refractivity (Wildman–Crippen MR) is 94.9 cm³/mol. The molecule has 1 saturated heterocycles. The second-order valence-electron chi connectivity index (χ2n) is 5.87. The van der Waals surface area contributed by atoms with Crippen LogP contribution in [-0.2, 0) is 4.74 Å². The summed E-state index contributed by atoms with van der Waals surface area (Å²) in [4.78, 5) is 12.4. The van der Waals surface area contributed by atoms with Gasteiger partial charge >= 0.3 is 0 Å². The monoisotopic (exact) mass is 363 g/mol. The second-order valence-corrected chi connectivity index (χ2v) is 6.28. The molecule has 1 fully saturated rings. The van der Waals surface area contributed by atoms with E-state index in [9.17, 15) is 9.18 Å². The van der Waals surface area contributed by atoms with Crippen LogP contribution in [0.1, 0.15) is 29.6 Å². The van der Waals surface area contributed by atoms with Gasteiger partial charge in [-0.3, -0.25) is 4.79 Å². The fraction of sp³-hybridized carbons (Fsp3) is 0.316. The molecule has 1 aliphatic rings. The Balaban J connectivity index is 1.68. The highest BCUT2D eigenvalue weighted by atomic mass is 35.5. The van der Waals surface area contributed by atoms with Crippen molar-refractivity contribution in [2.75, 3.05) is 18.5 Å². The molecule has 1 N–H and O–H groups in total. The van der Waals surface area contributed by atoms with Crippen molar-refractivity contribution in [2.45, 2.75) is 25.4 Å². The molecule has 1 aliphatic heterocycles. The molecule has 0 spiro atoms. The van der Waals surface area contributed by atoms with Crippen LogP contribution >= 0.6 is 11.6 Å². The summed E-state index contributed by atoms with van der Waals surface area (Å²) < 4.78 is 24.6. The van der Waals surface area contributed by atoms with Gasteiger partial charge in [-0.05, 0) is 49.6 Å². The van der Waals surface area contributed by atoms with Crippen LogP contribution in [0.15, 0.2) is 42.5 Å². The number of carbonyl (C=O) groups is 1. The van der Waals surface area contributed by atoms with Crippen molar-refractivity contribution in [2.24, 2.45) is 0 Å². The van der Waals surface area contributed by atoms with E-state index in [4.69, 9.17) is 21.1 Å². The Kier molecular flexibility index (Phi) is 5.89. The Bertz CT molecular complexity index is 747. The zero-order valence-corrected chi connectivity index (χ0v) is 14.4. The number of amides is 1.